The fourth-order valence-corrected chi connectivity index (χ4v) is 8.59. The molecule has 0 bridgehead atoms. The first-order valence-corrected chi connectivity index (χ1v) is 15.1. The van der Waals surface area contributed by atoms with E-state index in [9.17, 15) is 14.4 Å². The molecule has 3 aromatic heterocycles. The van der Waals surface area contributed by atoms with Crippen molar-refractivity contribution in [3.63, 3.8) is 0 Å². The van der Waals surface area contributed by atoms with Crippen LogP contribution in [0.4, 0.5) is 11.5 Å². The average Bonchev–Trinajstić information content (AvgIpc) is 3.72. The number of nitrogens with zero attached hydrogens (tertiary/aromatic N) is 5. The molecule has 2 amide bonds. The van der Waals surface area contributed by atoms with Crippen LogP contribution in [0.2, 0.25) is 0 Å². The van der Waals surface area contributed by atoms with Gasteiger partial charge in [-0.05, 0) is 89.6 Å². The number of anilines is 2. The van der Waals surface area contributed by atoms with E-state index in [0.717, 1.165) is 73.8 Å². The van der Waals surface area contributed by atoms with Crippen molar-refractivity contribution in [2.45, 2.75) is 70.0 Å². The number of likely N-dealkylation sites (tertiary alicyclic amines) is 1. The van der Waals surface area contributed by atoms with Gasteiger partial charge in [-0.3, -0.25) is 19.0 Å². The lowest BCUT2D eigenvalue weighted by molar-refractivity contribution is -0.134. The van der Waals surface area contributed by atoms with Crippen LogP contribution in [0.1, 0.15) is 65.0 Å². The minimum absolute atomic E-state index is 0.0116. The Balaban J connectivity index is 1.20. The Morgan fingerprint density at radius 3 is 2.75 bits per heavy atom. The van der Waals surface area contributed by atoms with Gasteiger partial charge < -0.3 is 20.4 Å². The number of rotatable bonds is 4. The highest BCUT2D eigenvalue weighted by Crippen LogP contribution is 2.42. The Hall–Kier alpha value is -3.31. The van der Waals surface area contributed by atoms with Crippen molar-refractivity contribution in [2.24, 2.45) is 5.92 Å². The molecule has 11 heteroatoms. The minimum atomic E-state index is -0.627. The second-order valence-electron chi connectivity index (χ2n) is 12.1. The molecular weight excluding hydrogens is 526 g/mol. The fraction of sp³-hybridized carbons (Fsp3) is 0.552. The maximum Gasteiger partial charge on any atom is 0.276 e. The van der Waals surface area contributed by atoms with E-state index >= 15 is 0 Å². The Morgan fingerprint density at radius 2 is 2.00 bits per heavy atom. The standard InChI is InChI=1S/C29H35N7O3S/c1-16-12-20(28(39)36-23(16)25(37)33-29(36)9-4-5-10-29)32-24-22-19-7-6-17(13-21(19)40-26(22)31-15-30-24)27(38)35-11-8-18(14-35)34(2)3/h12,15,17-18H,4-11,13-14H2,1-3H3,(H,33,37)(H,30,31,32)/t17-,18-/m0/s1. The van der Waals surface area contributed by atoms with Crippen LogP contribution in [0.5, 0.6) is 0 Å². The van der Waals surface area contributed by atoms with Gasteiger partial charge in [0, 0.05) is 29.9 Å². The van der Waals surface area contributed by atoms with Crippen LogP contribution in [-0.4, -0.2) is 69.4 Å². The van der Waals surface area contributed by atoms with Crippen LogP contribution >= 0.6 is 11.3 Å². The molecule has 1 spiro atoms. The molecule has 2 aliphatic carbocycles. The van der Waals surface area contributed by atoms with Gasteiger partial charge in [-0.25, -0.2) is 9.97 Å². The number of carbonyl (C=O) groups is 2. The highest BCUT2D eigenvalue weighted by atomic mass is 32.1. The monoisotopic (exact) mass is 561 g/mol. The Kier molecular flexibility index (Phi) is 6.01. The minimum Gasteiger partial charge on any atom is -0.341 e. The molecule has 7 rings (SSSR count). The lowest BCUT2D eigenvalue weighted by atomic mass is 9.87. The lowest BCUT2D eigenvalue weighted by Gasteiger charge is -2.27. The molecule has 0 radical (unpaired) electrons. The molecule has 0 aromatic carbocycles. The molecule has 2 aliphatic heterocycles. The topological polar surface area (TPSA) is 112 Å². The van der Waals surface area contributed by atoms with Crippen LogP contribution in [0.15, 0.2) is 17.2 Å². The molecular formula is C29H35N7O3S. The summed E-state index contributed by atoms with van der Waals surface area (Å²) in [5.41, 5.74) is 1.99. The Bertz CT molecular complexity index is 1600. The smallest absolute Gasteiger partial charge is 0.276 e. The van der Waals surface area contributed by atoms with Crippen molar-refractivity contribution in [2.75, 3.05) is 32.5 Å². The molecule has 2 N–H and O–H groups in total. The number of fused-ring (bicyclic) bond motifs is 5. The quantitative estimate of drug-likeness (QED) is 0.503. The first kappa shape index (κ1) is 25.6. The van der Waals surface area contributed by atoms with Gasteiger partial charge in [-0.15, -0.1) is 11.3 Å². The van der Waals surface area contributed by atoms with Gasteiger partial charge in [0.2, 0.25) is 5.91 Å². The molecule has 5 heterocycles. The number of carbonyl (C=O) groups excluding carboxylic acids is 2. The summed E-state index contributed by atoms with van der Waals surface area (Å²) in [6.45, 7) is 3.51. The zero-order valence-corrected chi connectivity index (χ0v) is 24.1. The van der Waals surface area contributed by atoms with Gasteiger partial charge >= 0.3 is 0 Å². The number of likely N-dealkylation sites (N-methyl/N-ethyl adjacent to an activating group) is 1. The van der Waals surface area contributed by atoms with Crippen molar-refractivity contribution >= 4 is 44.9 Å². The predicted molar refractivity (Wildman–Crippen MR) is 154 cm³/mol. The number of aryl methyl sites for hydroxylation is 2. The third kappa shape index (κ3) is 3.88. The molecule has 2 atom stereocenters. The lowest BCUT2D eigenvalue weighted by Crippen LogP contribution is -2.45. The summed E-state index contributed by atoms with van der Waals surface area (Å²) in [4.78, 5) is 55.5. The number of amides is 2. The van der Waals surface area contributed by atoms with Crippen LogP contribution in [-0.2, 0) is 23.3 Å². The van der Waals surface area contributed by atoms with Gasteiger partial charge in [0.25, 0.3) is 11.5 Å². The molecule has 4 aliphatic rings. The highest BCUT2D eigenvalue weighted by molar-refractivity contribution is 7.19. The molecule has 10 nitrogen and oxygen atoms in total. The zero-order valence-electron chi connectivity index (χ0n) is 23.2. The Morgan fingerprint density at radius 1 is 1.20 bits per heavy atom. The molecule has 0 unspecified atom stereocenters. The third-order valence-electron chi connectivity index (χ3n) is 9.46. The van der Waals surface area contributed by atoms with Crippen LogP contribution in [0, 0.1) is 12.8 Å². The highest BCUT2D eigenvalue weighted by Gasteiger charge is 2.46. The van der Waals surface area contributed by atoms with E-state index in [2.05, 4.69) is 39.6 Å². The molecule has 40 heavy (non-hydrogen) atoms. The van der Waals surface area contributed by atoms with E-state index < -0.39 is 5.66 Å². The second-order valence-corrected chi connectivity index (χ2v) is 13.2. The SMILES string of the molecule is Cc1cc(Nc2ncnc3sc4c(c23)CC[C@H](C(=O)N2CC[C@H](N(C)C)C2)C4)c(=O)n2c1C(=O)NC21CCCC1. The number of nitrogens with one attached hydrogen (secondary N) is 2. The van der Waals surface area contributed by atoms with Gasteiger partial charge in [-0.2, -0.15) is 0 Å². The van der Waals surface area contributed by atoms with Crippen molar-refractivity contribution in [3.8, 4) is 0 Å². The van der Waals surface area contributed by atoms with E-state index in [4.69, 9.17) is 0 Å². The number of pyridine rings is 1. The number of thiophene rings is 1. The maximum absolute atomic E-state index is 13.8. The van der Waals surface area contributed by atoms with E-state index in [0.29, 0.717) is 29.7 Å². The second kappa shape index (κ2) is 9.37. The van der Waals surface area contributed by atoms with Crippen LogP contribution in [0.3, 0.4) is 0 Å². The summed E-state index contributed by atoms with van der Waals surface area (Å²) in [6.07, 6.45) is 8.33. The van der Waals surface area contributed by atoms with Gasteiger partial charge in [0.15, 0.2) is 0 Å². The fourth-order valence-electron chi connectivity index (χ4n) is 7.32. The summed E-state index contributed by atoms with van der Waals surface area (Å²) < 4.78 is 1.69. The molecule has 210 valence electrons. The Labute approximate surface area is 236 Å². The van der Waals surface area contributed by atoms with Crippen LogP contribution < -0.4 is 16.2 Å². The normalized spacial score (nSPS) is 23.2. The summed E-state index contributed by atoms with van der Waals surface area (Å²) >= 11 is 1.63. The third-order valence-corrected chi connectivity index (χ3v) is 10.6. The number of aromatic nitrogens is 3. The predicted octanol–water partition coefficient (Wildman–Crippen LogP) is 3.14. The molecule has 3 aromatic rings. The summed E-state index contributed by atoms with van der Waals surface area (Å²) in [5, 5.41) is 7.39. The van der Waals surface area contributed by atoms with E-state index in [1.807, 2.05) is 11.8 Å². The van der Waals surface area contributed by atoms with Crippen molar-refractivity contribution in [1.82, 2.24) is 29.7 Å². The van der Waals surface area contributed by atoms with Crippen LogP contribution in [0.25, 0.3) is 10.2 Å². The maximum atomic E-state index is 13.8. The van der Waals surface area contributed by atoms with Crippen molar-refractivity contribution < 1.29 is 9.59 Å². The first-order chi connectivity index (χ1) is 19.3. The van der Waals surface area contributed by atoms with E-state index in [-0.39, 0.29) is 23.3 Å². The zero-order chi connectivity index (χ0) is 27.8. The summed E-state index contributed by atoms with van der Waals surface area (Å²) in [6, 6.07) is 2.20. The molecule has 1 saturated heterocycles. The van der Waals surface area contributed by atoms with E-state index in [1.54, 1.807) is 22.0 Å². The number of hydrogen-bond donors (Lipinski definition) is 2. The molecule has 2 fully saturated rings. The van der Waals surface area contributed by atoms with Gasteiger partial charge in [-0.1, -0.05) is 0 Å². The van der Waals surface area contributed by atoms with Crippen molar-refractivity contribution in [1.29, 1.82) is 0 Å². The van der Waals surface area contributed by atoms with Gasteiger partial charge in [0.05, 0.1) is 5.39 Å². The van der Waals surface area contributed by atoms with Crippen molar-refractivity contribution in [3.05, 3.63) is 44.4 Å². The average molecular weight is 562 g/mol. The summed E-state index contributed by atoms with van der Waals surface area (Å²) in [7, 11) is 4.16. The largest absolute Gasteiger partial charge is 0.341 e. The van der Waals surface area contributed by atoms with Gasteiger partial charge in [0.1, 0.15) is 34.0 Å². The van der Waals surface area contributed by atoms with E-state index in [1.165, 1.54) is 16.8 Å². The summed E-state index contributed by atoms with van der Waals surface area (Å²) in [5.74, 6) is 0.690. The first-order valence-electron chi connectivity index (χ1n) is 14.3. The molecule has 1 saturated carbocycles. The number of hydrogen-bond acceptors (Lipinski definition) is 8.